The van der Waals surface area contributed by atoms with E-state index >= 15 is 0 Å². The molecule has 1 unspecified atom stereocenters. The molecule has 0 radical (unpaired) electrons. The quantitative estimate of drug-likeness (QED) is 0.828. The molecule has 0 aromatic carbocycles. The number of fused-ring (bicyclic) bond motifs is 1. The van der Waals surface area contributed by atoms with Gasteiger partial charge in [0.05, 0.1) is 17.5 Å². The minimum Gasteiger partial charge on any atom is -0.304 e. The first kappa shape index (κ1) is 13.1. The molecule has 0 bridgehead atoms. The zero-order valence-corrected chi connectivity index (χ0v) is 12.0. The van der Waals surface area contributed by atoms with Crippen molar-refractivity contribution in [2.45, 2.75) is 13.0 Å². The van der Waals surface area contributed by atoms with Crippen LogP contribution >= 0.6 is 0 Å². The molecule has 2 aromatic rings. The molecule has 20 heavy (non-hydrogen) atoms. The molecule has 1 aliphatic heterocycles. The van der Waals surface area contributed by atoms with Crippen molar-refractivity contribution >= 4 is 5.65 Å². The third-order valence-electron chi connectivity index (χ3n) is 4.04. The standard InChI is InChI=1S/C15H19N5/c1-12-15(20-6-4-3-5-14(20)17-12)13(11-16)19-9-7-18(2)8-10-19/h3-6,13H,7-10H2,1-2H3. The number of piperazine rings is 1. The van der Waals surface area contributed by atoms with Gasteiger partial charge in [0.15, 0.2) is 0 Å². The van der Waals surface area contributed by atoms with Crippen molar-refractivity contribution in [2.75, 3.05) is 33.2 Å². The van der Waals surface area contributed by atoms with Crippen LogP contribution in [0.5, 0.6) is 0 Å². The Labute approximate surface area is 119 Å². The van der Waals surface area contributed by atoms with Gasteiger partial charge < -0.3 is 9.30 Å². The molecule has 1 atom stereocenters. The van der Waals surface area contributed by atoms with Gasteiger partial charge in [-0.1, -0.05) is 6.07 Å². The average molecular weight is 269 g/mol. The van der Waals surface area contributed by atoms with Gasteiger partial charge >= 0.3 is 0 Å². The predicted molar refractivity (Wildman–Crippen MR) is 77.4 cm³/mol. The first-order chi connectivity index (χ1) is 9.70. The average Bonchev–Trinajstić information content (AvgIpc) is 2.79. The van der Waals surface area contributed by atoms with E-state index in [9.17, 15) is 5.26 Å². The zero-order valence-electron chi connectivity index (χ0n) is 12.0. The molecule has 3 heterocycles. The van der Waals surface area contributed by atoms with Crippen molar-refractivity contribution in [2.24, 2.45) is 0 Å². The number of rotatable bonds is 2. The highest BCUT2D eigenvalue weighted by molar-refractivity contribution is 5.44. The summed E-state index contributed by atoms with van der Waals surface area (Å²) < 4.78 is 2.04. The third kappa shape index (κ3) is 2.17. The summed E-state index contributed by atoms with van der Waals surface area (Å²) in [6, 6.07) is 8.19. The first-order valence-electron chi connectivity index (χ1n) is 6.96. The van der Waals surface area contributed by atoms with E-state index in [1.807, 2.05) is 35.7 Å². The molecule has 0 aliphatic carbocycles. The summed E-state index contributed by atoms with van der Waals surface area (Å²) in [7, 11) is 2.12. The molecule has 0 saturated carbocycles. The molecule has 1 aliphatic rings. The number of imidazole rings is 1. The van der Waals surface area contributed by atoms with Crippen LogP contribution in [-0.4, -0.2) is 52.4 Å². The Morgan fingerprint density at radius 2 is 2.00 bits per heavy atom. The van der Waals surface area contributed by atoms with Crippen molar-refractivity contribution in [1.29, 1.82) is 5.26 Å². The predicted octanol–water partition coefficient (Wildman–Crippen LogP) is 1.45. The van der Waals surface area contributed by atoms with Crippen LogP contribution < -0.4 is 0 Å². The summed E-state index contributed by atoms with van der Waals surface area (Å²) in [6.07, 6.45) is 1.99. The van der Waals surface area contributed by atoms with Gasteiger partial charge in [-0.15, -0.1) is 0 Å². The van der Waals surface area contributed by atoms with Crippen molar-refractivity contribution in [1.82, 2.24) is 19.2 Å². The molecule has 1 saturated heterocycles. The van der Waals surface area contributed by atoms with Gasteiger partial charge in [0, 0.05) is 32.4 Å². The number of pyridine rings is 1. The Bertz CT molecular complexity index is 646. The van der Waals surface area contributed by atoms with E-state index in [1.54, 1.807) is 0 Å². The summed E-state index contributed by atoms with van der Waals surface area (Å²) in [5.41, 5.74) is 2.86. The number of aryl methyl sites for hydroxylation is 1. The van der Waals surface area contributed by atoms with Crippen LogP contribution in [0.25, 0.3) is 5.65 Å². The largest absolute Gasteiger partial charge is 0.304 e. The molecular weight excluding hydrogens is 250 g/mol. The van der Waals surface area contributed by atoms with Crippen LogP contribution in [0.4, 0.5) is 0 Å². The molecule has 0 N–H and O–H groups in total. The maximum Gasteiger partial charge on any atom is 0.141 e. The lowest BCUT2D eigenvalue weighted by atomic mass is 10.1. The highest BCUT2D eigenvalue weighted by Gasteiger charge is 2.27. The topological polar surface area (TPSA) is 47.6 Å². The molecule has 0 amide bonds. The van der Waals surface area contributed by atoms with E-state index in [0.29, 0.717) is 0 Å². The summed E-state index contributed by atoms with van der Waals surface area (Å²) in [4.78, 5) is 9.12. The first-order valence-corrected chi connectivity index (χ1v) is 6.96. The smallest absolute Gasteiger partial charge is 0.141 e. The summed E-state index contributed by atoms with van der Waals surface area (Å²) in [5.74, 6) is 0. The highest BCUT2D eigenvalue weighted by Crippen LogP contribution is 2.25. The maximum absolute atomic E-state index is 9.65. The summed E-state index contributed by atoms with van der Waals surface area (Å²) >= 11 is 0. The van der Waals surface area contributed by atoms with Gasteiger partial charge in [0.2, 0.25) is 0 Å². The van der Waals surface area contributed by atoms with Gasteiger partial charge in [0.25, 0.3) is 0 Å². The normalized spacial score (nSPS) is 19.1. The van der Waals surface area contributed by atoms with Gasteiger partial charge in [0.1, 0.15) is 11.7 Å². The molecule has 5 nitrogen and oxygen atoms in total. The maximum atomic E-state index is 9.65. The molecular formula is C15H19N5. The van der Waals surface area contributed by atoms with Crippen molar-refractivity contribution in [3.8, 4) is 6.07 Å². The minimum absolute atomic E-state index is 0.221. The second-order valence-electron chi connectivity index (χ2n) is 5.38. The fraction of sp³-hybridized carbons (Fsp3) is 0.467. The number of nitriles is 1. The van der Waals surface area contributed by atoms with Gasteiger partial charge in [-0.25, -0.2) is 4.98 Å². The van der Waals surface area contributed by atoms with Gasteiger partial charge in [-0.2, -0.15) is 5.26 Å². The fourth-order valence-corrected chi connectivity index (χ4v) is 2.86. The number of nitrogens with zero attached hydrogens (tertiary/aromatic N) is 5. The number of likely N-dealkylation sites (N-methyl/N-ethyl adjacent to an activating group) is 1. The number of aromatic nitrogens is 2. The molecule has 2 aromatic heterocycles. The van der Waals surface area contributed by atoms with Crippen LogP contribution in [0.15, 0.2) is 24.4 Å². The second-order valence-corrected chi connectivity index (χ2v) is 5.38. The van der Waals surface area contributed by atoms with E-state index in [0.717, 1.165) is 43.2 Å². The van der Waals surface area contributed by atoms with E-state index in [4.69, 9.17) is 0 Å². The lowest BCUT2D eigenvalue weighted by Gasteiger charge is -2.35. The van der Waals surface area contributed by atoms with Crippen molar-refractivity contribution in [3.05, 3.63) is 35.8 Å². The summed E-state index contributed by atoms with van der Waals surface area (Å²) in [5, 5.41) is 9.65. The molecule has 0 spiro atoms. The SMILES string of the molecule is Cc1nc2ccccn2c1C(C#N)N1CCN(C)CC1. The highest BCUT2D eigenvalue weighted by atomic mass is 15.3. The molecule has 1 fully saturated rings. The van der Waals surface area contributed by atoms with E-state index in [2.05, 4.69) is 27.9 Å². The van der Waals surface area contributed by atoms with Crippen molar-refractivity contribution in [3.63, 3.8) is 0 Å². The van der Waals surface area contributed by atoms with E-state index < -0.39 is 0 Å². The molecule has 104 valence electrons. The van der Waals surface area contributed by atoms with Gasteiger partial charge in [-0.05, 0) is 26.1 Å². The van der Waals surface area contributed by atoms with Crippen LogP contribution in [0, 0.1) is 18.3 Å². The van der Waals surface area contributed by atoms with Crippen LogP contribution in [-0.2, 0) is 0 Å². The lowest BCUT2D eigenvalue weighted by Crippen LogP contribution is -2.46. The number of hydrogen-bond donors (Lipinski definition) is 0. The van der Waals surface area contributed by atoms with Crippen LogP contribution in [0.2, 0.25) is 0 Å². The van der Waals surface area contributed by atoms with Gasteiger partial charge in [-0.3, -0.25) is 4.90 Å². The van der Waals surface area contributed by atoms with Crippen LogP contribution in [0.1, 0.15) is 17.4 Å². The zero-order chi connectivity index (χ0) is 14.1. The van der Waals surface area contributed by atoms with Crippen molar-refractivity contribution < 1.29 is 0 Å². The lowest BCUT2D eigenvalue weighted by molar-refractivity contribution is 0.130. The van der Waals surface area contributed by atoms with E-state index in [1.165, 1.54) is 0 Å². The minimum atomic E-state index is -0.221. The Balaban J connectivity index is 1.99. The Kier molecular flexibility index (Phi) is 3.43. The fourth-order valence-electron chi connectivity index (χ4n) is 2.86. The number of hydrogen-bond acceptors (Lipinski definition) is 4. The third-order valence-corrected chi connectivity index (χ3v) is 4.04. The molecule has 5 heteroatoms. The monoisotopic (exact) mass is 269 g/mol. The Hall–Kier alpha value is -1.90. The Morgan fingerprint density at radius 1 is 1.25 bits per heavy atom. The molecule has 3 rings (SSSR count). The summed E-state index contributed by atoms with van der Waals surface area (Å²) in [6.45, 7) is 5.85. The van der Waals surface area contributed by atoms with E-state index in [-0.39, 0.29) is 6.04 Å². The second kappa shape index (κ2) is 5.23. The van der Waals surface area contributed by atoms with Crippen LogP contribution in [0.3, 0.4) is 0 Å². The Morgan fingerprint density at radius 3 is 2.70 bits per heavy atom.